The molecule has 9 heteroatoms. The number of rotatable bonds is 4. The number of pyridine rings is 1. The average molecular weight is 340 g/mol. The molecule has 0 aromatic carbocycles. The summed E-state index contributed by atoms with van der Waals surface area (Å²) in [6.45, 7) is 0. The molecule has 1 fully saturated rings. The van der Waals surface area contributed by atoms with Crippen LogP contribution in [0.4, 0.5) is 0 Å². The van der Waals surface area contributed by atoms with Crippen LogP contribution in [0.1, 0.15) is 0 Å². The Hall–Kier alpha value is -1.71. The molecule has 0 spiro atoms. The predicted octanol–water partition coefficient (Wildman–Crippen LogP) is -0.0726. The van der Waals surface area contributed by atoms with Gasteiger partial charge in [-0.15, -0.1) is 11.8 Å². The highest BCUT2D eigenvalue weighted by molar-refractivity contribution is 7.99. The Kier molecular flexibility index (Phi) is 4.02. The van der Waals surface area contributed by atoms with Crippen molar-refractivity contribution < 1.29 is 24.0 Å². The number of aromatic nitrogens is 1. The van der Waals surface area contributed by atoms with Gasteiger partial charge >= 0.3 is 5.97 Å². The van der Waals surface area contributed by atoms with Crippen molar-refractivity contribution >= 4 is 34.8 Å². The summed E-state index contributed by atoms with van der Waals surface area (Å²) >= 11 is 0.0266. The molecule has 7 nitrogen and oxygen atoms in total. The number of hydrogen-bond acceptors (Lipinski definition) is 5. The summed E-state index contributed by atoms with van der Waals surface area (Å²) in [5.74, 6) is -1.50. The Labute approximate surface area is 133 Å². The van der Waals surface area contributed by atoms with Crippen LogP contribution < -0.4 is 4.73 Å². The number of β-lactam (4-membered cyclic amide) rings is 1. The van der Waals surface area contributed by atoms with Gasteiger partial charge in [0.2, 0.25) is 11.3 Å². The average Bonchev–Trinajstić information content (AvgIpc) is 2.47. The van der Waals surface area contributed by atoms with Gasteiger partial charge in [-0.05, 0) is 23.3 Å². The van der Waals surface area contributed by atoms with E-state index in [4.69, 9.17) is 5.11 Å². The van der Waals surface area contributed by atoms with E-state index in [1.54, 1.807) is 12.1 Å². The van der Waals surface area contributed by atoms with Gasteiger partial charge in [-0.3, -0.25) is 9.69 Å². The van der Waals surface area contributed by atoms with Crippen molar-refractivity contribution in [2.24, 2.45) is 5.92 Å². The lowest BCUT2D eigenvalue weighted by molar-refractivity contribution is -0.607. The molecule has 1 saturated heterocycles. The number of amides is 1. The molecule has 2 aliphatic heterocycles. The number of nitrogens with zero attached hydrogens (tertiary/aromatic N) is 2. The minimum Gasteiger partial charge on any atom is -0.619 e. The summed E-state index contributed by atoms with van der Waals surface area (Å²) in [6, 6.07) is 3.36. The van der Waals surface area contributed by atoms with Crippen LogP contribution in [0.2, 0.25) is 0 Å². The Morgan fingerprint density at radius 3 is 3.05 bits per heavy atom. The number of thioether (sulfide) groups is 1. The third-order valence-corrected chi connectivity index (χ3v) is 6.19. The van der Waals surface area contributed by atoms with Gasteiger partial charge < -0.3 is 14.9 Å². The second-order valence-electron chi connectivity index (χ2n) is 4.86. The van der Waals surface area contributed by atoms with E-state index in [1.165, 1.54) is 30.2 Å². The van der Waals surface area contributed by atoms with Gasteiger partial charge in [0.1, 0.15) is 17.4 Å². The van der Waals surface area contributed by atoms with Crippen LogP contribution >= 0.6 is 11.8 Å². The highest BCUT2D eigenvalue weighted by Gasteiger charge is 2.58. The van der Waals surface area contributed by atoms with Crippen LogP contribution in [0.5, 0.6) is 0 Å². The van der Waals surface area contributed by atoms with Crippen molar-refractivity contribution in [2.45, 2.75) is 10.3 Å². The van der Waals surface area contributed by atoms with E-state index in [2.05, 4.69) is 0 Å². The van der Waals surface area contributed by atoms with Gasteiger partial charge in [-0.2, -0.15) is 4.73 Å². The second kappa shape index (κ2) is 5.82. The van der Waals surface area contributed by atoms with Gasteiger partial charge in [-0.25, -0.2) is 4.79 Å². The Bertz CT molecular complexity index is 666. The quantitative estimate of drug-likeness (QED) is 0.270. The summed E-state index contributed by atoms with van der Waals surface area (Å²) in [5.41, 5.74) is -0.0899. The lowest BCUT2D eigenvalue weighted by atomic mass is 9.99. The van der Waals surface area contributed by atoms with Crippen LogP contribution in [0.3, 0.4) is 0 Å². The van der Waals surface area contributed by atoms with E-state index in [1.807, 2.05) is 0 Å². The summed E-state index contributed by atoms with van der Waals surface area (Å²) in [7, 11) is 0. The molecule has 1 N–H and O–H groups in total. The zero-order valence-corrected chi connectivity index (χ0v) is 12.9. The maximum Gasteiger partial charge on any atom is 0.352 e. The largest absolute Gasteiger partial charge is 0.619 e. The molecule has 0 radical (unpaired) electrons. The lowest BCUT2D eigenvalue weighted by Crippen LogP contribution is -2.66. The molecule has 0 aliphatic carbocycles. The standard InChI is InChI=1S/C13H12N2O5S2/c16-11-9(7-21-8-2-1-4-14(19)6-8)12-15(11)10(13(17)18)3-5-22(12)20/h1-4,6,9,12H,5,7H2,(H,17,18)/t9?,12-,22?/m0/s1. The molecular formula is C13H12N2O5S2. The fourth-order valence-corrected chi connectivity index (χ4v) is 5.21. The second-order valence-corrected chi connectivity index (χ2v) is 7.53. The first-order valence-corrected chi connectivity index (χ1v) is 8.81. The molecule has 3 rings (SSSR count). The van der Waals surface area contributed by atoms with Crippen molar-refractivity contribution in [1.82, 2.24) is 4.90 Å². The number of aliphatic carboxylic acids is 1. The molecule has 1 aromatic heterocycles. The SMILES string of the molecule is O=C(O)C1=CC[S+]([O-])[C@H]2C(CSc3ccc[n+]([O-])c3)C(=O)N12. The summed E-state index contributed by atoms with van der Waals surface area (Å²) < 4.78 is 12.7. The number of carbonyl (C=O) groups is 2. The lowest BCUT2D eigenvalue weighted by Gasteiger charge is -2.47. The van der Waals surface area contributed by atoms with Crippen molar-refractivity contribution in [3.8, 4) is 0 Å². The van der Waals surface area contributed by atoms with Crippen LogP contribution in [0, 0.1) is 11.1 Å². The fraction of sp³-hybridized carbons (Fsp3) is 0.308. The molecule has 0 saturated carbocycles. The van der Waals surface area contributed by atoms with Crippen molar-refractivity contribution in [3.63, 3.8) is 0 Å². The first-order valence-electron chi connectivity index (χ1n) is 6.44. The Balaban J connectivity index is 1.71. The molecule has 2 unspecified atom stereocenters. The zero-order chi connectivity index (χ0) is 15.9. The molecule has 22 heavy (non-hydrogen) atoms. The number of carbonyl (C=O) groups excluding carboxylic acids is 1. The Morgan fingerprint density at radius 1 is 1.59 bits per heavy atom. The first-order chi connectivity index (χ1) is 10.5. The molecule has 3 atom stereocenters. The van der Waals surface area contributed by atoms with Crippen LogP contribution in [-0.4, -0.2) is 43.3 Å². The minimum atomic E-state index is -1.29. The van der Waals surface area contributed by atoms with Crippen molar-refractivity contribution in [1.29, 1.82) is 0 Å². The number of fused-ring (bicyclic) bond motifs is 1. The van der Waals surface area contributed by atoms with Crippen LogP contribution in [0.15, 0.2) is 41.2 Å². The molecule has 116 valence electrons. The molecule has 1 aromatic rings. The predicted molar refractivity (Wildman–Crippen MR) is 79.0 cm³/mol. The van der Waals surface area contributed by atoms with E-state index in [0.29, 0.717) is 15.4 Å². The van der Waals surface area contributed by atoms with Gasteiger partial charge in [0.25, 0.3) is 0 Å². The first kappa shape index (κ1) is 15.2. The summed E-state index contributed by atoms with van der Waals surface area (Å²) in [4.78, 5) is 25.1. The topological polar surface area (TPSA) is 108 Å². The van der Waals surface area contributed by atoms with Crippen molar-refractivity contribution in [3.05, 3.63) is 41.5 Å². The maximum absolute atomic E-state index is 12.2. The van der Waals surface area contributed by atoms with E-state index >= 15 is 0 Å². The maximum atomic E-state index is 12.2. The number of hydrogen-bond donors (Lipinski definition) is 1. The van der Waals surface area contributed by atoms with E-state index in [0.717, 1.165) is 4.90 Å². The smallest absolute Gasteiger partial charge is 0.352 e. The number of carboxylic acids is 1. The Morgan fingerprint density at radius 2 is 2.36 bits per heavy atom. The van der Waals surface area contributed by atoms with Gasteiger partial charge in [0.15, 0.2) is 12.4 Å². The van der Waals surface area contributed by atoms with Crippen LogP contribution in [0.25, 0.3) is 0 Å². The van der Waals surface area contributed by atoms with Crippen LogP contribution in [-0.2, 0) is 20.8 Å². The molecule has 3 heterocycles. The summed E-state index contributed by atoms with van der Waals surface area (Å²) in [5, 5.41) is 19.7. The number of carboxylic acid groups (broad SMARTS) is 1. The van der Waals surface area contributed by atoms with Gasteiger partial charge in [-0.1, -0.05) is 0 Å². The third-order valence-electron chi connectivity index (χ3n) is 3.52. The van der Waals surface area contributed by atoms with E-state index in [-0.39, 0.29) is 17.4 Å². The highest BCUT2D eigenvalue weighted by atomic mass is 32.2. The van der Waals surface area contributed by atoms with E-state index in [9.17, 15) is 19.3 Å². The summed E-state index contributed by atoms with van der Waals surface area (Å²) in [6.07, 6.45) is 4.08. The minimum absolute atomic E-state index is 0.0899. The fourth-order valence-electron chi connectivity index (χ4n) is 2.49. The molecule has 0 bridgehead atoms. The monoisotopic (exact) mass is 340 g/mol. The van der Waals surface area contributed by atoms with Gasteiger partial charge in [0.05, 0.1) is 4.90 Å². The molecular weight excluding hydrogens is 328 g/mol. The normalized spacial score (nSPS) is 27.0. The van der Waals surface area contributed by atoms with E-state index < -0.39 is 28.4 Å². The zero-order valence-electron chi connectivity index (χ0n) is 11.2. The third kappa shape index (κ3) is 2.55. The van der Waals surface area contributed by atoms with Gasteiger partial charge in [0, 0.05) is 11.8 Å². The van der Waals surface area contributed by atoms with Crippen molar-refractivity contribution in [2.75, 3.05) is 11.5 Å². The molecule has 2 aliphatic rings. The highest BCUT2D eigenvalue weighted by Crippen LogP contribution is 2.40. The molecule has 1 amide bonds.